The van der Waals surface area contributed by atoms with E-state index >= 15 is 0 Å². The van der Waals surface area contributed by atoms with Crippen LogP contribution in [0.5, 0.6) is 0 Å². The molecule has 26 heavy (non-hydrogen) atoms. The Kier molecular flexibility index (Phi) is 7.17. The van der Waals surface area contributed by atoms with Gasteiger partial charge in [-0.2, -0.15) is 0 Å². The minimum absolute atomic E-state index is 0.291. The third-order valence-corrected chi connectivity index (χ3v) is 6.24. The molecule has 0 radical (unpaired) electrons. The molecule has 2 N–H and O–H groups in total. The molecule has 0 bridgehead atoms. The fourth-order valence-electron chi connectivity index (χ4n) is 4.74. The van der Waals surface area contributed by atoms with Crippen molar-refractivity contribution in [2.45, 2.75) is 57.9 Å². The lowest BCUT2D eigenvalue weighted by atomic mass is 10.1. The van der Waals surface area contributed by atoms with Gasteiger partial charge in [0.25, 0.3) is 0 Å². The Morgan fingerprint density at radius 2 is 1.92 bits per heavy atom. The van der Waals surface area contributed by atoms with Gasteiger partial charge < -0.3 is 20.4 Å². The molecule has 2 heterocycles. The Bertz CT molecular complexity index is 489. The molecule has 0 aromatic heterocycles. The predicted molar refractivity (Wildman–Crippen MR) is 106 cm³/mol. The van der Waals surface area contributed by atoms with Crippen LogP contribution < -0.4 is 10.6 Å². The predicted octanol–water partition coefficient (Wildman–Crippen LogP) is 1.67. The average Bonchev–Trinajstić information content (AvgIpc) is 3.39. The minimum Gasteiger partial charge on any atom is -0.356 e. The first-order valence-corrected chi connectivity index (χ1v) is 10.7. The van der Waals surface area contributed by atoms with E-state index in [-0.39, 0.29) is 0 Å². The molecule has 0 spiro atoms. The third kappa shape index (κ3) is 5.12. The van der Waals surface area contributed by atoms with Crippen LogP contribution in [0.25, 0.3) is 0 Å². The number of guanidine groups is 1. The van der Waals surface area contributed by atoms with E-state index in [2.05, 4.69) is 32.3 Å². The lowest BCUT2D eigenvalue weighted by Crippen LogP contribution is -2.46. The first-order valence-electron chi connectivity index (χ1n) is 10.7. The maximum atomic E-state index is 12.6. The minimum atomic E-state index is 0.291. The number of nitrogens with one attached hydrogen (secondary N) is 2. The van der Waals surface area contributed by atoms with Crippen molar-refractivity contribution < 1.29 is 4.79 Å². The monoisotopic (exact) mass is 363 g/mol. The highest BCUT2D eigenvalue weighted by molar-refractivity contribution is 5.81. The molecule has 1 saturated carbocycles. The summed E-state index contributed by atoms with van der Waals surface area (Å²) in [5.41, 5.74) is 0. The van der Waals surface area contributed by atoms with Crippen molar-refractivity contribution in [3.8, 4) is 0 Å². The molecule has 1 amide bonds. The molecule has 2 aliphatic heterocycles. The quantitative estimate of drug-likeness (QED) is 0.557. The number of hydrogen-bond donors (Lipinski definition) is 2. The van der Waals surface area contributed by atoms with E-state index in [1.54, 1.807) is 0 Å². The van der Waals surface area contributed by atoms with Gasteiger partial charge in [0.2, 0.25) is 5.91 Å². The number of aliphatic imine (C=N–C) groups is 1. The topological polar surface area (TPSA) is 60.0 Å². The molecule has 6 heteroatoms. The molecule has 2 atom stereocenters. The molecule has 3 fully saturated rings. The molecule has 2 unspecified atom stereocenters. The number of likely N-dealkylation sites (tertiary alicyclic amines) is 2. The number of amides is 1. The number of carbonyl (C=O) groups is 1. The Balaban J connectivity index is 1.38. The first-order chi connectivity index (χ1) is 12.7. The SMILES string of the molecule is CCCN1CCC(CNC(=NC)NC2CCN(C(=O)C3CCCC3)C2)C1. The summed E-state index contributed by atoms with van der Waals surface area (Å²) in [5, 5.41) is 7.04. The van der Waals surface area contributed by atoms with Gasteiger partial charge in [0.05, 0.1) is 0 Å². The second-order valence-electron chi connectivity index (χ2n) is 8.30. The van der Waals surface area contributed by atoms with Crippen LogP contribution in [0.2, 0.25) is 0 Å². The summed E-state index contributed by atoms with van der Waals surface area (Å²) < 4.78 is 0. The van der Waals surface area contributed by atoms with Gasteiger partial charge in [-0.3, -0.25) is 9.79 Å². The Labute approximate surface area is 158 Å². The van der Waals surface area contributed by atoms with Gasteiger partial charge in [-0.25, -0.2) is 0 Å². The summed E-state index contributed by atoms with van der Waals surface area (Å²) in [5.74, 6) is 2.28. The molecule has 1 aliphatic carbocycles. The van der Waals surface area contributed by atoms with Gasteiger partial charge in [-0.1, -0.05) is 19.8 Å². The zero-order chi connectivity index (χ0) is 18.4. The molecule has 0 aromatic carbocycles. The molecule has 2 saturated heterocycles. The normalized spacial score (nSPS) is 28.1. The Morgan fingerprint density at radius 3 is 2.65 bits per heavy atom. The van der Waals surface area contributed by atoms with Gasteiger partial charge in [0, 0.05) is 45.2 Å². The molecular weight excluding hydrogens is 326 g/mol. The highest BCUT2D eigenvalue weighted by Crippen LogP contribution is 2.27. The zero-order valence-electron chi connectivity index (χ0n) is 16.7. The van der Waals surface area contributed by atoms with Gasteiger partial charge >= 0.3 is 0 Å². The maximum Gasteiger partial charge on any atom is 0.225 e. The highest BCUT2D eigenvalue weighted by Gasteiger charge is 2.32. The average molecular weight is 364 g/mol. The van der Waals surface area contributed by atoms with Gasteiger partial charge in [-0.15, -0.1) is 0 Å². The summed E-state index contributed by atoms with van der Waals surface area (Å²) in [4.78, 5) is 21.6. The van der Waals surface area contributed by atoms with E-state index in [9.17, 15) is 4.79 Å². The summed E-state index contributed by atoms with van der Waals surface area (Å²) >= 11 is 0. The molecular formula is C20H37N5O. The summed E-state index contributed by atoms with van der Waals surface area (Å²) in [6.45, 7) is 8.59. The van der Waals surface area contributed by atoms with E-state index in [4.69, 9.17) is 0 Å². The van der Waals surface area contributed by atoms with E-state index in [1.165, 1.54) is 45.3 Å². The number of carbonyl (C=O) groups excluding carboxylic acids is 1. The van der Waals surface area contributed by atoms with Crippen LogP contribution in [-0.4, -0.2) is 74.0 Å². The molecule has 3 rings (SSSR count). The van der Waals surface area contributed by atoms with Gasteiger partial charge in [-0.05, 0) is 51.1 Å². The Hall–Kier alpha value is -1.30. The van der Waals surface area contributed by atoms with Crippen LogP contribution in [0.3, 0.4) is 0 Å². The van der Waals surface area contributed by atoms with Gasteiger partial charge in [0.1, 0.15) is 0 Å². The lowest BCUT2D eigenvalue weighted by Gasteiger charge is -2.22. The van der Waals surface area contributed by atoms with Crippen LogP contribution in [0.1, 0.15) is 51.9 Å². The molecule has 148 valence electrons. The van der Waals surface area contributed by atoms with Crippen LogP contribution in [0.15, 0.2) is 4.99 Å². The van der Waals surface area contributed by atoms with Crippen molar-refractivity contribution in [1.82, 2.24) is 20.4 Å². The highest BCUT2D eigenvalue weighted by atomic mass is 16.2. The second-order valence-corrected chi connectivity index (χ2v) is 8.30. The van der Waals surface area contributed by atoms with Crippen molar-refractivity contribution in [2.24, 2.45) is 16.8 Å². The van der Waals surface area contributed by atoms with Gasteiger partial charge in [0.15, 0.2) is 5.96 Å². The van der Waals surface area contributed by atoms with E-state index in [1.807, 2.05) is 7.05 Å². The summed E-state index contributed by atoms with van der Waals surface area (Å²) in [7, 11) is 1.84. The fraction of sp³-hybridized carbons (Fsp3) is 0.900. The van der Waals surface area contributed by atoms with Crippen molar-refractivity contribution in [2.75, 3.05) is 46.3 Å². The Morgan fingerprint density at radius 1 is 1.12 bits per heavy atom. The summed E-state index contributed by atoms with van der Waals surface area (Å²) in [6, 6.07) is 0.326. The molecule has 3 aliphatic rings. The first kappa shape index (κ1) is 19.5. The smallest absolute Gasteiger partial charge is 0.225 e. The third-order valence-electron chi connectivity index (χ3n) is 6.24. The molecule has 0 aromatic rings. The fourth-order valence-corrected chi connectivity index (χ4v) is 4.74. The van der Waals surface area contributed by atoms with Crippen molar-refractivity contribution in [3.05, 3.63) is 0 Å². The maximum absolute atomic E-state index is 12.6. The van der Waals surface area contributed by atoms with Crippen LogP contribution >= 0.6 is 0 Å². The standard InChI is InChI=1S/C20H37N5O/c1-3-10-24-11-8-16(14-24)13-22-20(21-2)23-18-9-12-25(15-18)19(26)17-6-4-5-7-17/h16-18H,3-15H2,1-2H3,(H2,21,22,23). The summed E-state index contributed by atoms with van der Waals surface area (Å²) in [6.07, 6.45) is 8.16. The van der Waals surface area contributed by atoms with Crippen LogP contribution in [0, 0.1) is 11.8 Å². The van der Waals surface area contributed by atoms with E-state index in [0.29, 0.717) is 23.8 Å². The van der Waals surface area contributed by atoms with Crippen LogP contribution in [-0.2, 0) is 4.79 Å². The molecule has 6 nitrogen and oxygen atoms in total. The largest absolute Gasteiger partial charge is 0.356 e. The van der Waals surface area contributed by atoms with E-state index < -0.39 is 0 Å². The van der Waals surface area contributed by atoms with Crippen LogP contribution in [0.4, 0.5) is 0 Å². The number of nitrogens with zero attached hydrogens (tertiary/aromatic N) is 3. The number of rotatable bonds is 6. The lowest BCUT2D eigenvalue weighted by molar-refractivity contribution is -0.134. The number of hydrogen-bond acceptors (Lipinski definition) is 3. The van der Waals surface area contributed by atoms with Crippen molar-refractivity contribution in [3.63, 3.8) is 0 Å². The van der Waals surface area contributed by atoms with Crippen molar-refractivity contribution in [1.29, 1.82) is 0 Å². The van der Waals surface area contributed by atoms with Crippen molar-refractivity contribution >= 4 is 11.9 Å². The zero-order valence-corrected chi connectivity index (χ0v) is 16.7. The van der Waals surface area contributed by atoms with E-state index in [0.717, 1.165) is 44.9 Å². The second kappa shape index (κ2) is 9.58.